The summed E-state index contributed by atoms with van der Waals surface area (Å²) < 4.78 is 66.2. The van der Waals surface area contributed by atoms with Crippen LogP contribution in [0.15, 0.2) is 47.5 Å². The van der Waals surface area contributed by atoms with E-state index in [2.05, 4.69) is 19.6 Å². The largest absolute Gasteiger partial charge is 0.446 e. The van der Waals surface area contributed by atoms with Gasteiger partial charge in [0.15, 0.2) is 5.65 Å². The maximum absolute atomic E-state index is 12.7. The fraction of sp³-hybridized carbons (Fsp3) is 0.368. The first-order valence-corrected chi connectivity index (χ1v) is 12.2. The summed E-state index contributed by atoms with van der Waals surface area (Å²) in [4.78, 5) is 4.23. The van der Waals surface area contributed by atoms with Crippen molar-refractivity contribution in [3.05, 3.63) is 42.6 Å². The third-order valence-electron chi connectivity index (χ3n) is 5.30. The number of aliphatic hydroxyl groups is 2. The van der Waals surface area contributed by atoms with Crippen LogP contribution in [0.3, 0.4) is 0 Å². The number of nitrogens with zero attached hydrogens (tertiary/aromatic N) is 3. The predicted molar refractivity (Wildman–Crippen MR) is 117 cm³/mol. The van der Waals surface area contributed by atoms with Crippen LogP contribution in [0.4, 0.5) is 19.0 Å². The molecule has 1 aliphatic rings. The molecule has 15 heteroatoms. The minimum absolute atomic E-state index is 0.0178. The third kappa shape index (κ3) is 5.79. The number of hydrogen-bond acceptors (Lipinski definition) is 9. The number of fused-ring (bicyclic) bond motifs is 1. The van der Waals surface area contributed by atoms with E-state index >= 15 is 0 Å². The van der Waals surface area contributed by atoms with Gasteiger partial charge in [0.2, 0.25) is 0 Å². The summed E-state index contributed by atoms with van der Waals surface area (Å²) in [5.74, 6) is -0.286. The Kier molecular flexibility index (Phi) is 6.76. The number of rotatable bonds is 7. The van der Waals surface area contributed by atoms with Crippen molar-refractivity contribution < 1.29 is 36.0 Å². The van der Waals surface area contributed by atoms with E-state index in [1.54, 1.807) is 18.2 Å². The molecule has 2 aromatic heterocycles. The molecular formula is C19H20F3N5O5S2. The Morgan fingerprint density at radius 3 is 2.71 bits per heavy atom. The normalized spacial score (nSPS) is 23.5. The smallest absolute Gasteiger partial charge is 0.390 e. The Labute approximate surface area is 196 Å². The molecule has 184 valence electrons. The second-order valence-corrected chi connectivity index (χ2v) is 10.1. The minimum Gasteiger partial charge on any atom is -0.390 e. The zero-order chi connectivity index (χ0) is 24.7. The van der Waals surface area contributed by atoms with Crippen LogP contribution in [-0.2, 0) is 14.5 Å². The fourth-order valence-electron chi connectivity index (χ4n) is 3.80. The van der Waals surface area contributed by atoms with Gasteiger partial charge in [-0.3, -0.25) is 4.18 Å². The van der Waals surface area contributed by atoms with Gasteiger partial charge < -0.3 is 15.5 Å². The Morgan fingerprint density at radius 2 is 2.00 bits per heavy atom. The molecular weight excluding hydrogens is 499 g/mol. The standard InChI is InChI=1S/C19H20F3N5O5S2/c20-19(21,22)33-12-3-1-2-10(6-12)13-8-16-24-5-4-15(27(16)26-13)25-14-7-11(17(28)18(14)29)9-32-34(23,30)31/h1-6,8,11,14,17-18,25,28-29H,7,9H2,(H2,23,30,31)/t11-,14?,17-,18+/m1/s1. The number of halogens is 3. The van der Waals surface area contributed by atoms with Gasteiger partial charge in [0, 0.05) is 28.6 Å². The average molecular weight is 520 g/mol. The zero-order valence-electron chi connectivity index (χ0n) is 17.3. The molecule has 34 heavy (non-hydrogen) atoms. The van der Waals surface area contributed by atoms with Crippen LogP contribution in [0.5, 0.6) is 0 Å². The summed E-state index contributed by atoms with van der Waals surface area (Å²) in [6.07, 6.45) is -0.827. The van der Waals surface area contributed by atoms with Crippen molar-refractivity contribution in [2.24, 2.45) is 11.1 Å². The molecule has 0 amide bonds. The lowest BCUT2D eigenvalue weighted by atomic mass is 10.1. The Hall–Kier alpha value is -2.43. The Morgan fingerprint density at radius 1 is 1.24 bits per heavy atom. The summed E-state index contributed by atoms with van der Waals surface area (Å²) >= 11 is -0.223. The van der Waals surface area contributed by atoms with Gasteiger partial charge in [-0.25, -0.2) is 10.1 Å². The highest BCUT2D eigenvalue weighted by Gasteiger charge is 2.42. The van der Waals surface area contributed by atoms with Crippen LogP contribution in [0.2, 0.25) is 0 Å². The van der Waals surface area contributed by atoms with E-state index in [0.717, 1.165) is 0 Å². The van der Waals surface area contributed by atoms with E-state index in [4.69, 9.17) is 5.14 Å². The monoisotopic (exact) mass is 519 g/mol. The number of aromatic nitrogens is 3. The summed E-state index contributed by atoms with van der Waals surface area (Å²) in [7, 11) is -4.19. The van der Waals surface area contributed by atoms with Crippen molar-refractivity contribution >= 4 is 33.5 Å². The molecule has 0 saturated heterocycles. The first-order chi connectivity index (χ1) is 15.9. The molecule has 0 aliphatic heterocycles. The second kappa shape index (κ2) is 9.31. The maximum atomic E-state index is 12.7. The van der Waals surface area contributed by atoms with Gasteiger partial charge >= 0.3 is 15.8 Å². The average Bonchev–Trinajstić information content (AvgIpc) is 3.28. The van der Waals surface area contributed by atoms with Gasteiger partial charge in [0.05, 0.1) is 24.4 Å². The SMILES string of the molecule is NS(=O)(=O)OC[C@H]1CC(Nc2ccnc3cc(-c4cccc(SC(F)(F)F)c4)nn23)[C@H](O)[C@@H]1O. The number of benzene rings is 1. The first kappa shape index (κ1) is 24.7. The molecule has 4 atom stereocenters. The highest BCUT2D eigenvalue weighted by molar-refractivity contribution is 8.00. The van der Waals surface area contributed by atoms with Crippen LogP contribution in [0.1, 0.15) is 6.42 Å². The molecule has 0 spiro atoms. The van der Waals surface area contributed by atoms with Crippen LogP contribution in [0.25, 0.3) is 16.9 Å². The van der Waals surface area contributed by atoms with E-state index in [1.807, 2.05) is 0 Å². The van der Waals surface area contributed by atoms with Crippen molar-refractivity contribution in [3.8, 4) is 11.3 Å². The van der Waals surface area contributed by atoms with Crippen molar-refractivity contribution in [1.82, 2.24) is 14.6 Å². The van der Waals surface area contributed by atoms with Gasteiger partial charge in [0.1, 0.15) is 11.9 Å². The van der Waals surface area contributed by atoms with Gasteiger partial charge in [-0.15, -0.1) is 0 Å². The van der Waals surface area contributed by atoms with Crippen molar-refractivity contribution in [2.45, 2.75) is 35.1 Å². The zero-order valence-corrected chi connectivity index (χ0v) is 18.9. The number of hydrogen-bond donors (Lipinski definition) is 4. The molecule has 0 radical (unpaired) electrons. The van der Waals surface area contributed by atoms with Crippen LogP contribution in [-0.4, -0.2) is 63.6 Å². The molecule has 2 heterocycles. The topological polar surface area (TPSA) is 152 Å². The molecule has 1 aliphatic carbocycles. The summed E-state index contributed by atoms with van der Waals surface area (Å²) in [6, 6.07) is 8.36. The molecule has 3 aromatic rings. The van der Waals surface area contributed by atoms with E-state index in [-0.39, 0.29) is 29.7 Å². The number of nitrogens with one attached hydrogen (secondary N) is 1. The van der Waals surface area contributed by atoms with Crippen LogP contribution in [0, 0.1) is 5.92 Å². The molecule has 1 unspecified atom stereocenters. The second-order valence-electron chi connectivity index (χ2n) is 7.71. The first-order valence-electron chi connectivity index (χ1n) is 9.90. The summed E-state index contributed by atoms with van der Waals surface area (Å²) in [6.45, 7) is -0.390. The predicted octanol–water partition coefficient (Wildman–Crippen LogP) is 1.75. The van der Waals surface area contributed by atoms with Crippen LogP contribution >= 0.6 is 11.8 Å². The highest BCUT2D eigenvalue weighted by Crippen LogP contribution is 2.38. The highest BCUT2D eigenvalue weighted by atomic mass is 32.2. The molecule has 4 rings (SSSR count). The molecule has 0 bridgehead atoms. The Balaban J connectivity index is 1.56. The number of thioether (sulfide) groups is 1. The van der Waals surface area contributed by atoms with Crippen molar-refractivity contribution in [1.29, 1.82) is 0 Å². The quantitative estimate of drug-likeness (QED) is 0.342. The fourth-order valence-corrected chi connectivity index (χ4v) is 4.77. The number of anilines is 1. The van der Waals surface area contributed by atoms with Gasteiger partial charge in [-0.2, -0.15) is 31.2 Å². The van der Waals surface area contributed by atoms with Gasteiger partial charge in [-0.05, 0) is 36.4 Å². The van der Waals surface area contributed by atoms with Crippen LogP contribution < -0.4 is 10.5 Å². The van der Waals surface area contributed by atoms with Gasteiger partial charge in [-0.1, -0.05) is 12.1 Å². The molecule has 1 aromatic carbocycles. The lowest BCUT2D eigenvalue weighted by Gasteiger charge is -2.19. The summed E-state index contributed by atoms with van der Waals surface area (Å²) in [5, 5.41) is 33.0. The lowest BCUT2D eigenvalue weighted by molar-refractivity contribution is -0.0328. The molecule has 5 N–H and O–H groups in total. The van der Waals surface area contributed by atoms with Crippen molar-refractivity contribution in [2.75, 3.05) is 11.9 Å². The van der Waals surface area contributed by atoms with E-state index in [9.17, 15) is 31.8 Å². The van der Waals surface area contributed by atoms with Gasteiger partial charge in [0.25, 0.3) is 0 Å². The minimum atomic E-state index is -4.42. The Bertz CT molecular complexity index is 1290. The van der Waals surface area contributed by atoms with Crippen molar-refractivity contribution in [3.63, 3.8) is 0 Å². The number of aliphatic hydroxyl groups excluding tert-OH is 2. The van der Waals surface area contributed by atoms with E-state index in [0.29, 0.717) is 22.7 Å². The maximum Gasteiger partial charge on any atom is 0.446 e. The summed E-state index contributed by atoms with van der Waals surface area (Å²) in [5.41, 5.74) is -3.17. The van der Waals surface area contributed by atoms with E-state index < -0.39 is 40.0 Å². The molecule has 10 nitrogen and oxygen atoms in total. The number of nitrogens with two attached hydrogens (primary N) is 1. The third-order valence-corrected chi connectivity index (χ3v) is 6.49. The molecule has 1 saturated carbocycles. The molecule has 1 fully saturated rings. The lowest BCUT2D eigenvalue weighted by Crippen LogP contribution is -2.36. The number of alkyl halides is 3. The van der Waals surface area contributed by atoms with E-state index in [1.165, 1.54) is 28.9 Å².